The number of aromatic nitrogens is 2. The molecule has 1 heterocycles. The zero-order valence-electron chi connectivity index (χ0n) is 10.5. The monoisotopic (exact) mass is 243 g/mol. The fourth-order valence-corrected chi connectivity index (χ4v) is 2.02. The van der Waals surface area contributed by atoms with Crippen LogP contribution < -0.4 is 5.32 Å². The summed E-state index contributed by atoms with van der Waals surface area (Å²) in [5.41, 5.74) is 1.04. The summed E-state index contributed by atoms with van der Waals surface area (Å²) in [5.74, 6) is 0. The maximum Gasteiger partial charge on any atom is 0.134 e. The van der Waals surface area contributed by atoms with Crippen LogP contribution in [-0.2, 0) is 6.54 Å². The highest BCUT2D eigenvalue weighted by atomic mass is 32.1. The topological polar surface area (TPSA) is 44.3 Å². The van der Waals surface area contributed by atoms with Crippen LogP contribution in [0.1, 0.15) is 12.1 Å². The van der Waals surface area contributed by atoms with Gasteiger partial charge in [-0.1, -0.05) is 4.49 Å². The Hall–Kier alpha value is -0.720. The fourth-order valence-electron chi connectivity index (χ4n) is 1.49. The van der Waals surface area contributed by atoms with E-state index in [1.807, 2.05) is 7.05 Å². The van der Waals surface area contributed by atoms with E-state index >= 15 is 0 Å². The summed E-state index contributed by atoms with van der Waals surface area (Å²) in [6.07, 6.45) is 1.18. The first kappa shape index (κ1) is 13.3. The molecule has 1 aromatic heterocycles. The van der Waals surface area contributed by atoms with Crippen molar-refractivity contribution in [2.45, 2.75) is 13.0 Å². The Labute approximate surface area is 102 Å². The summed E-state index contributed by atoms with van der Waals surface area (Å²) in [4.78, 5) is 4.48. The van der Waals surface area contributed by atoms with Gasteiger partial charge in [-0.2, -0.15) is 0 Å². The maximum atomic E-state index is 4.12. The molecule has 0 aliphatic heterocycles. The summed E-state index contributed by atoms with van der Waals surface area (Å²) < 4.78 is 3.95. The third kappa shape index (κ3) is 4.42. The van der Waals surface area contributed by atoms with E-state index in [2.05, 4.69) is 45.8 Å². The lowest BCUT2D eigenvalue weighted by Gasteiger charge is -2.17. The standard InChI is InChI=1S/C10H21N5S/c1-11-10-9(12-13-16-10)8-15(4)7-5-6-14(2)3/h11H,5-8H2,1-4H3. The largest absolute Gasteiger partial charge is 0.377 e. The highest BCUT2D eigenvalue weighted by Gasteiger charge is 2.08. The zero-order valence-corrected chi connectivity index (χ0v) is 11.3. The second-order valence-corrected chi connectivity index (χ2v) is 4.95. The fraction of sp³-hybridized carbons (Fsp3) is 0.800. The maximum absolute atomic E-state index is 4.12. The van der Waals surface area contributed by atoms with E-state index < -0.39 is 0 Å². The number of rotatable bonds is 7. The molecular weight excluding hydrogens is 222 g/mol. The van der Waals surface area contributed by atoms with Gasteiger partial charge in [-0.15, -0.1) is 5.10 Å². The predicted molar refractivity (Wildman–Crippen MR) is 69.0 cm³/mol. The minimum absolute atomic E-state index is 0.861. The Morgan fingerprint density at radius 2 is 2.00 bits per heavy atom. The minimum Gasteiger partial charge on any atom is -0.377 e. The molecule has 0 amide bonds. The van der Waals surface area contributed by atoms with Crippen LogP contribution in [0.15, 0.2) is 0 Å². The van der Waals surface area contributed by atoms with Gasteiger partial charge < -0.3 is 15.1 Å². The van der Waals surface area contributed by atoms with Crippen LogP contribution in [0, 0.1) is 0 Å². The molecule has 0 saturated carbocycles. The molecule has 1 rings (SSSR count). The lowest BCUT2D eigenvalue weighted by molar-refractivity contribution is 0.292. The summed E-state index contributed by atoms with van der Waals surface area (Å²) in [6, 6.07) is 0. The molecule has 1 aromatic rings. The van der Waals surface area contributed by atoms with Crippen LogP contribution in [0.25, 0.3) is 0 Å². The van der Waals surface area contributed by atoms with Gasteiger partial charge in [-0.25, -0.2) is 0 Å². The second-order valence-electron chi connectivity index (χ2n) is 4.19. The van der Waals surface area contributed by atoms with Crippen molar-refractivity contribution < 1.29 is 0 Å². The molecule has 0 aromatic carbocycles. The molecule has 0 aliphatic carbocycles. The average Bonchev–Trinajstić information content (AvgIpc) is 2.64. The van der Waals surface area contributed by atoms with Crippen molar-refractivity contribution in [1.29, 1.82) is 0 Å². The van der Waals surface area contributed by atoms with Crippen LogP contribution in [0.4, 0.5) is 5.00 Å². The molecule has 0 unspecified atom stereocenters. The van der Waals surface area contributed by atoms with Gasteiger partial charge in [0.15, 0.2) is 0 Å². The Morgan fingerprint density at radius 3 is 2.62 bits per heavy atom. The quantitative estimate of drug-likeness (QED) is 0.773. The van der Waals surface area contributed by atoms with Crippen LogP contribution in [0.3, 0.4) is 0 Å². The summed E-state index contributed by atoms with van der Waals surface area (Å²) >= 11 is 1.41. The van der Waals surface area contributed by atoms with Crippen LogP contribution in [-0.4, -0.2) is 60.7 Å². The Bertz CT molecular complexity index is 299. The molecule has 0 aliphatic rings. The van der Waals surface area contributed by atoms with Gasteiger partial charge >= 0.3 is 0 Å². The Morgan fingerprint density at radius 1 is 1.25 bits per heavy atom. The van der Waals surface area contributed by atoms with E-state index in [0.717, 1.165) is 30.3 Å². The Kier molecular flexibility index (Phi) is 5.65. The molecule has 0 saturated heterocycles. The van der Waals surface area contributed by atoms with Crippen LogP contribution >= 0.6 is 11.5 Å². The van der Waals surface area contributed by atoms with E-state index in [4.69, 9.17) is 0 Å². The zero-order chi connectivity index (χ0) is 12.0. The van der Waals surface area contributed by atoms with Gasteiger partial charge in [0.1, 0.15) is 10.7 Å². The predicted octanol–water partition coefficient (Wildman–Crippen LogP) is 0.963. The lowest BCUT2D eigenvalue weighted by Crippen LogP contribution is -2.23. The SMILES string of the molecule is CNc1snnc1CN(C)CCCN(C)C. The van der Waals surface area contributed by atoms with E-state index in [9.17, 15) is 0 Å². The lowest BCUT2D eigenvalue weighted by atomic mass is 10.3. The number of nitrogens with zero attached hydrogens (tertiary/aromatic N) is 4. The van der Waals surface area contributed by atoms with Crippen molar-refractivity contribution >= 4 is 16.5 Å². The molecule has 0 spiro atoms. The number of anilines is 1. The van der Waals surface area contributed by atoms with E-state index in [0.29, 0.717) is 0 Å². The Balaban J connectivity index is 2.31. The van der Waals surface area contributed by atoms with E-state index in [-0.39, 0.29) is 0 Å². The van der Waals surface area contributed by atoms with Gasteiger partial charge in [0.2, 0.25) is 0 Å². The minimum atomic E-state index is 0.861. The normalized spacial score (nSPS) is 11.4. The van der Waals surface area contributed by atoms with Crippen molar-refractivity contribution in [3.63, 3.8) is 0 Å². The van der Waals surface area contributed by atoms with E-state index in [1.54, 1.807) is 0 Å². The first-order valence-corrected chi connectivity index (χ1v) is 6.23. The highest BCUT2D eigenvalue weighted by molar-refractivity contribution is 7.10. The molecular formula is C10H21N5S. The number of nitrogens with one attached hydrogen (secondary N) is 1. The molecule has 1 N–H and O–H groups in total. The highest BCUT2D eigenvalue weighted by Crippen LogP contribution is 2.17. The molecule has 5 nitrogen and oxygen atoms in total. The number of hydrogen-bond acceptors (Lipinski definition) is 6. The van der Waals surface area contributed by atoms with Crippen molar-refractivity contribution in [2.24, 2.45) is 0 Å². The molecule has 6 heteroatoms. The van der Waals surface area contributed by atoms with Crippen LogP contribution in [0.2, 0.25) is 0 Å². The smallest absolute Gasteiger partial charge is 0.134 e. The average molecular weight is 243 g/mol. The molecule has 0 fully saturated rings. The van der Waals surface area contributed by atoms with Crippen molar-refractivity contribution in [3.8, 4) is 0 Å². The molecule has 0 radical (unpaired) electrons. The molecule has 0 atom stereocenters. The van der Waals surface area contributed by atoms with Crippen molar-refractivity contribution in [2.75, 3.05) is 46.6 Å². The number of hydrogen-bond donors (Lipinski definition) is 1. The molecule has 16 heavy (non-hydrogen) atoms. The third-order valence-corrected chi connectivity index (χ3v) is 3.13. The van der Waals surface area contributed by atoms with Gasteiger partial charge in [0, 0.05) is 25.1 Å². The van der Waals surface area contributed by atoms with E-state index in [1.165, 1.54) is 18.0 Å². The van der Waals surface area contributed by atoms with Crippen molar-refractivity contribution in [3.05, 3.63) is 5.69 Å². The third-order valence-electron chi connectivity index (χ3n) is 2.35. The van der Waals surface area contributed by atoms with Crippen molar-refractivity contribution in [1.82, 2.24) is 19.4 Å². The first-order chi connectivity index (χ1) is 7.63. The first-order valence-electron chi connectivity index (χ1n) is 5.45. The molecule has 0 bridgehead atoms. The second kappa shape index (κ2) is 6.78. The summed E-state index contributed by atoms with van der Waals surface area (Å²) in [5, 5.41) is 8.31. The van der Waals surface area contributed by atoms with Gasteiger partial charge in [-0.05, 0) is 40.7 Å². The van der Waals surface area contributed by atoms with Gasteiger partial charge in [0.25, 0.3) is 0 Å². The summed E-state index contributed by atoms with van der Waals surface area (Å²) in [6.45, 7) is 3.07. The molecule has 92 valence electrons. The van der Waals surface area contributed by atoms with Crippen LogP contribution in [0.5, 0.6) is 0 Å². The van der Waals surface area contributed by atoms with Gasteiger partial charge in [-0.3, -0.25) is 0 Å². The van der Waals surface area contributed by atoms with Gasteiger partial charge in [0.05, 0.1) is 0 Å². The summed E-state index contributed by atoms with van der Waals surface area (Å²) in [7, 11) is 8.23.